The van der Waals surface area contributed by atoms with Crippen LogP contribution >= 0.6 is 11.6 Å². The summed E-state index contributed by atoms with van der Waals surface area (Å²) in [5.74, 6) is 0.499. The first kappa shape index (κ1) is 12.4. The summed E-state index contributed by atoms with van der Waals surface area (Å²) in [5.41, 5.74) is 0.420. The van der Waals surface area contributed by atoms with Crippen LogP contribution in [0.3, 0.4) is 0 Å². The zero-order valence-electron chi connectivity index (χ0n) is 9.59. The van der Waals surface area contributed by atoms with Gasteiger partial charge in [-0.3, -0.25) is 0 Å². The number of nitrogens with zero attached hydrogens (tertiary/aromatic N) is 1. The molecule has 0 unspecified atom stereocenters. The number of ether oxygens (including phenoxy) is 2. The predicted octanol–water partition coefficient (Wildman–Crippen LogP) is 3.31. The van der Waals surface area contributed by atoms with E-state index < -0.39 is 5.97 Å². The van der Waals surface area contributed by atoms with Gasteiger partial charge in [-0.05, 0) is 24.3 Å². The molecule has 0 N–H and O–H groups in total. The zero-order chi connectivity index (χ0) is 13.0. The Morgan fingerprint density at radius 1 is 1.28 bits per heavy atom. The average molecular weight is 264 g/mol. The Kier molecular flexibility index (Phi) is 3.79. The summed E-state index contributed by atoms with van der Waals surface area (Å²) < 4.78 is 10.1. The van der Waals surface area contributed by atoms with Crippen LogP contribution in [0.4, 0.5) is 0 Å². The first-order valence-corrected chi connectivity index (χ1v) is 5.54. The van der Waals surface area contributed by atoms with Crippen molar-refractivity contribution in [3.8, 4) is 11.6 Å². The van der Waals surface area contributed by atoms with Crippen molar-refractivity contribution in [1.82, 2.24) is 4.98 Å². The van der Waals surface area contributed by atoms with Crippen LogP contribution in [0.1, 0.15) is 10.4 Å². The molecule has 0 aliphatic rings. The number of rotatable bonds is 3. The van der Waals surface area contributed by atoms with Gasteiger partial charge in [-0.15, -0.1) is 0 Å². The molecule has 1 aromatic carbocycles. The quantitative estimate of drug-likeness (QED) is 0.797. The minimum atomic E-state index is -0.412. The van der Waals surface area contributed by atoms with Gasteiger partial charge in [-0.2, -0.15) is 0 Å². The van der Waals surface area contributed by atoms with Crippen molar-refractivity contribution in [2.75, 3.05) is 7.11 Å². The molecule has 0 atom stereocenters. The monoisotopic (exact) mass is 263 g/mol. The minimum Gasteiger partial charge on any atom is -0.465 e. The van der Waals surface area contributed by atoms with Crippen LogP contribution in [0.25, 0.3) is 0 Å². The van der Waals surface area contributed by atoms with E-state index in [4.69, 9.17) is 16.3 Å². The summed E-state index contributed by atoms with van der Waals surface area (Å²) in [6.45, 7) is 0. The molecule has 0 aliphatic heterocycles. The zero-order valence-corrected chi connectivity index (χ0v) is 10.3. The van der Waals surface area contributed by atoms with Gasteiger partial charge in [0.1, 0.15) is 5.75 Å². The van der Waals surface area contributed by atoms with Crippen LogP contribution in [-0.4, -0.2) is 18.1 Å². The van der Waals surface area contributed by atoms with E-state index in [1.54, 1.807) is 36.4 Å². The predicted molar refractivity (Wildman–Crippen MR) is 67.1 cm³/mol. The van der Waals surface area contributed by atoms with Gasteiger partial charge in [0.2, 0.25) is 5.88 Å². The molecule has 0 saturated heterocycles. The maximum atomic E-state index is 11.4. The molecule has 0 saturated carbocycles. The Morgan fingerprint density at radius 3 is 2.78 bits per heavy atom. The van der Waals surface area contributed by atoms with Crippen molar-refractivity contribution in [3.05, 3.63) is 53.2 Å². The van der Waals surface area contributed by atoms with Gasteiger partial charge >= 0.3 is 5.97 Å². The van der Waals surface area contributed by atoms with Crippen molar-refractivity contribution in [2.45, 2.75) is 0 Å². The van der Waals surface area contributed by atoms with Crippen LogP contribution in [0.5, 0.6) is 11.6 Å². The van der Waals surface area contributed by atoms with Crippen molar-refractivity contribution in [3.63, 3.8) is 0 Å². The van der Waals surface area contributed by atoms with Crippen LogP contribution < -0.4 is 4.74 Å². The van der Waals surface area contributed by atoms with E-state index in [9.17, 15) is 4.79 Å². The van der Waals surface area contributed by atoms with Crippen molar-refractivity contribution in [1.29, 1.82) is 0 Å². The maximum Gasteiger partial charge on any atom is 0.337 e. The highest BCUT2D eigenvalue weighted by Crippen LogP contribution is 2.21. The number of esters is 1. The standard InChI is InChI=1S/C13H10ClNO3/c1-17-13(16)9-3-2-4-11(7-9)18-12-6-5-10(14)8-15-12/h2-8H,1H3. The average Bonchev–Trinajstić information content (AvgIpc) is 2.41. The van der Waals surface area contributed by atoms with E-state index in [0.29, 0.717) is 22.2 Å². The normalized spacial score (nSPS) is 9.89. The number of hydrogen-bond acceptors (Lipinski definition) is 4. The molecular weight excluding hydrogens is 254 g/mol. The molecule has 0 radical (unpaired) electrons. The van der Waals surface area contributed by atoms with Gasteiger partial charge in [-0.1, -0.05) is 17.7 Å². The van der Waals surface area contributed by atoms with Crippen LogP contribution in [0.2, 0.25) is 5.02 Å². The summed E-state index contributed by atoms with van der Waals surface area (Å²) in [7, 11) is 1.33. The molecule has 4 nitrogen and oxygen atoms in total. The Bertz CT molecular complexity index is 554. The Balaban J connectivity index is 2.19. The van der Waals surface area contributed by atoms with E-state index in [0.717, 1.165) is 0 Å². The molecule has 92 valence electrons. The van der Waals surface area contributed by atoms with E-state index in [2.05, 4.69) is 9.72 Å². The SMILES string of the molecule is COC(=O)c1cccc(Oc2ccc(Cl)cn2)c1. The van der Waals surface area contributed by atoms with Gasteiger partial charge in [0, 0.05) is 12.3 Å². The van der Waals surface area contributed by atoms with Crippen molar-refractivity contribution < 1.29 is 14.3 Å². The van der Waals surface area contributed by atoms with E-state index in [-0.39, 0.29) is 0 Å². The van der Waals surface area contributed by atoms with E-state index >= 15 is 0 Å². The number of aromatic nitrogens is 1. The molecule has 2 rings (SSSR count). The summed E-state index contributed by atoms with van der Waals surface area (Å²) >= 11 is 5.72. The third kappa shape index (κ3) is 2.99. The second-order valence-corrected chi connectivity index (χ2v) is 3.87. The Labute approximate surface area is 109 Å². The molecule has 5 heteroatoms. The lowest BCUT2D eigenvalue weighted by molar-refractivity contribution is 0.0600. The smallest absolute Gasteiger partial charge is 0.337 e. The number of carbonyl (C=O) groups excluding carboxylic acids is 1. The lowest BCUT2D eigenvalue weighted by Gasteiger charge is -2.05. The fourth-order valence-electron chi connectivity index (χ4n) is 1.35. The molecule has 2 aromatic rings. The van der Waals surface area contributed by atoms with Crippen molar-refractivity contribution >= 4 is 17.6 Å². The summed E-state index contributed by atoms with van der Waals surface area (Å²) in [6, 6.07) is 9.98. The van der Waals surface area contributed by atoms with Crippen molar-refractivity contribution in [2.24, 2.45) is 0 Å². The highest BCUT2D eigenvalue weighted by molar-refractivity contribution is 6.30. The maximum absolute atomic E-state index is 11.4. The van der Waals surface area contributed by atoms with E-state index in [1.807, 2.05) is 0 Å². The minimum absolute atomic E-state index is 0.404. The van der Waals surface area contributed by atoms with Gasteiger partial charge in [0.25, 0.3) is 0 Å². The van der Waals surface area contributed by atoms with Crippen LogP contribution in [-0.2, 0) is 4.74 Å². The largest absolute Gasteiger partial charge is 0.465 e. The number of pyridine rings is 1. The van der Waals surface area contributed by atoms with Crippen LogP contribution in [0, 0.1) is 0 Å². The van der Waals surface area contributed by atoms with Crippen LogP contribution in [0.15, 0.2) is 42.6 Å². The molecule has 1 heterocycles. The lowest BCUT2D eigenvalue weighted by atomic mass is 10.2. The topological polar surface area (TPSA) is 48.4 Å². The van der Waals surface area contributed by atoms with Gasteiger partial charge in [-0.25, -0.2) is 9.78 Å². The number of halogens is 1. The van der Waals surface area contributed by atoms with Gasteiger partial charge in [0.05, 0.1) is 17.7 Å². The highest BCUT2D eigenvalue weighted by atomic mass is 35.5. The number of methoxy groups -OCH3 is 1. The highest BCUT2D eigenvalue weighted by Gasteiger charge is 2.07. The number of benzene rings is 1. The first-order valence-electron chi connectivity index (χ1n) is 5.17. The fraction of sp³-hybridized carbons (Fsp3) is 0.0769. The molecular formula is C13H10ClNO3. The number of hydrogen-bond donors (Lipinski definition) is 0. The van der Waals surface area contributed by atoms with Gasteiger partial charge < -0.3 is 9.47 Å². The Hall–Kier alpha value is -2.07. The fourth-order valence-corrected chi connectivity index (χ4v) is 1.46. The molecule has 1 aromatic heterocycles. The molecule has 0 amide bonds. The first-order chi connectivity index (χ1) is 8.69. The van der Waals surface area contributed by atoms with E-state index in [1.165, 1.54) is 13.3 Å². The second kappa shape index (κ2) is 5.51. The lowest BCUT2D eigenvalue weighted by Crippen LogP contribution is -2.00. The molecule has 0 fully saturated rings. The summed E-state index contributed by atoms with van der Waals surface area (Å²) in [4.78, 5) is 15.3. The molecule has 0 spiro atoms. The molecule has 0 aliphatic carbocycles. The third-order valence-corrected chi connectivity index (χ3v) is 2.40. The number of carbonyl (C=O) groups is 1. The Morgan fingerprint density at radius 2 is 2.11 bits per heavy atom. The summed E-state index contributed by atoms with van der Waals surface area (Å²) in [6.07, 6.45) is 1.49. The summed E-state index contributed by atoms with van der Waals surface area (Å²) in [5, 5.41) is 0.533. The second-order valence-electron chi connectivity index (χ2n) is 3.44. The molecule has 18 heavy (non-hydrogen) atoms. The van der Waals surface area contributed by atoms with Gasteiger partial charge in [0.15, 0.2) is 0 Å². The molecule has 0 bridgehead atoms. The third-order valence-electron chi connectivity index (χ3n) is 2.18.